The van der Waals surface area contributed by atoms with Gasteiger partial charge in [-0.15, -0.1) is 0 Å². The summed E-state index contributed by atoms with van der Waals surface area (Å²) in [7, 11) is 1.51. The Bertz CT molecular complexity index is 126. The van der Waals surface area contributed by atoms with Gasteiger partial charge >= 0.3 is 0 Å². The second-order valence-corrected chi connectivity index (χ2v) is 3.38. The van der Waals surface area contributed by atoms with Crippen LogP contribution >= 0.6 is 0 Å². The average Bonchev–Trinajstić information content (AvgIpc) is 1.83. The van der Waals surface area contributed by atoms with Crippen molar-refractivity contribution < 1.29 is 9.90 Å². The summed E-state index contributed by atoms with van der Waals surface area (Å²) >= 11 is 0. The van der Waals surface area contributed by atoms with Gasteiger partial charge in [-0.05, 0) is 5.41 Å². The van der Waals surface area contributed by atoms with Crippen LogP contribution in [-0.4, -0.2) is 24.2 Å². The lowest BCUT2D eigenvalue weighted by Gasteiger charge is -2.23. The Morgan fingerprint density at radius 1 is 1.50 bits per heavy atom. The van der Waals surface area contributed by atoms with Crippen LogP contribution in [0.4, 0.5) is 0 Å². The molecule has 0 radical (unpaired) electrons. The number of likely N-dealkylation sites (N-methyl/N-ethyl adjacent to an activating group) is 1. The summed E-state index contributed by atoms with van der Waals surface area (Å²) < 4.78 is 0. The third-order valence-corrected chi connectivity index (χ3v) is 1.32. The Kier molecular flexibility index (Phi) is 2.84. The molecule has 10 heavy (non-hydrogen) atoms. The summed E-state index contributed by atoms with van der Waals surface area (Å²) in [5.41, 5.74) is -0.375. The molecule has 0 aromatic rings. The van der Waals surface area contributed by atoms with Crippen molar-refractivity contribution in [2.45, 2.75) is 26.9 Å². The van der Waals surface area contributed by atoms with Crippen molar-refractivity contribution in [1.82, 2.24) is 5.32 Å². The molecule has 0 aliphatic heterocycles. The van der Waals surface area contributed by atoms with Crippen LogP contribution in [0.3, 0.4) is 0 Å². The van der Waals surface area contributed by atoms with Gasteiger partial charge in [-0.25, -0.2) is 0 Å². The van der Waals surface area contributed by atoms with Gasteiger partial charge in [0.15, 0.2) is 0 Å². The van der Waals surface area contributed by atoms with E-state index in [1.165, 1.54) is 7.05 Å². The minimum Gasteiger partial charge on any atom is -0.383 e. The molecule has 3 nitrogen and oxygen atoms in total. The van der Waals surface area contributed by atoms with Gasteiger partial charge in [0, 0.05) is 7.05 Å². The van der Waals surface area contributed by atoms with E-state index < -0.39 is 6.10 Å². The lowest BCUT2D eigenvalue weighted by molar-refractivity contribution is -0.134. The first-order valence-electron chi connectivity index (χ1n) is 3.29. The molecule has 0 bridgehead atoms. The van der Waals surface area contributed by atoms with Gasteiger partial charge in [-0.2, -0.15) is 0 Å². The predicted molar refractivity (Wildman–Crippen MR) is 39.5 cm³/mol. The molecule has 0 spiro atoms. The lowest BCUT2D eigenvalue weighted by Crippen LogP contribution is -2.40. The number of carbonyl (C=O) groups excluding carboxylic acids is 1. The largest absolute Gasteiger partial charge is 0.383 e. The van der Waals surface area contributed by atoms with E-state index in [-0.39, 0.29) is 11.3 Å². The summed E-state index contributed by atoms with van der Waals surface area (Å²) in [6.45, 7) is 5.44. The van der Waals surface area contributed by atoms with E-state index in [4.69, 9.17) is 0 Å². The molecule has 0 aromatic heterocycles. The first-order valence-corrected chi connectivity index (χ1v) is 3.29. The van der Waals surface area contributed by atoms with Crippen LogP contribution in [0.25, 0.3) is 0 Å². The molecule has 1 amide bonds. The zero-order valence-corrected chi connectivity index (χ0v) is 6.93. The second kappa shape index (κ2) is 3.01. The summed E-state index contributed by atoms with van der Waals surface area (Å²) in [6, 6.07) is 0. The third kappa shape index (κ3) is 2.35. The topological polar surface area (TPSA) is 49.3 Å². The maximum atomic E-state index is 10.8. The summed E-state index contributed by atoms with van der Waals surface area (Å²) in [5.74, 6) is -0.326. The monoisotopic (exact) mass is 145 g/mol. The van der Waals surface area contributed by atoms with Crippen LogP contribution in [0.15, 0.2) is 0 Å². The second-order valence-electron chi connectivity index (χ2n) is 3.38. The first-order chi connectivity index (χ1) is 4.39. The fourth-order valence-corrected chi connectivity index (χ4v) is 0.530. The lowest BCUT2D eigenvalue weighted by atomic mass is 9.89. The Balaban J connectivity index is 4.08. The van der Waals surface area contributed by atoms with Crippen molar-refractivity contribution in [3.05, 3.63) is 0 Å². The SMILES string of the molecule is CNC(=O)C(O)C(C)(C)C. The number of hydrogen-bond donors (Lipinski definition) is 2. The smallest absolute Gasteiger partial charge is 0.249 e. The van der Waals surface area contributed by atoms with Gasteiger partial charge in [-0.1, -0.05) is 20.8 Å². The van der Waals surface area contributed by atoms with Gasteiger partial charge in [-0.3, -0.25) is 4.79 Å². The maximum Gasteiger partial charge on any atom is 0.249 e. The van der Waals surface area contributed by atoms with Crippen LogP contribution in [0, 0.1) is 5.41 Å². The zero-order chi connectivity index (χ0) is 8.36. The van der Waals surface area contributed by atoms with Crippen molar-refractivity contribution in [2.75, 3.05) is 7.05 Å². The zero-order valence-electron chi connectivity index (χ0n) is 6.93. The van der Waals surface area contributed by atoms with Crippen LogP contribution in [0.5, 0.6) is 0 Å². The molecule has 0 heterocycles. The number of rotatable bonds is 1. The molecule has 0 saturated carbocycles. The van der Waals surface area contributed by atoms with Crippen LogP contribution in [0.1, 0.15) is 20.8 Å². The van der Waals surface area contributed by atoms with Crippen LogP contribution < -0.4 is 5.32 Å². The molecular formula is C7H15NO2. The molecule has 0 fully saturated rings. The molecule has 1 unspecified atom stereocenters. The maximum absolute atomic E-state index is 10.8. The van der Waals surface area contributed by atoms with E-state index in [1.807, 2.05) is 20.8 Å². The van der Waals surface area contributed by atoms with E-state index in [0.29, 0.717) is 0 Å². The fraction of sp³-hybridized carbons (Fsp3) is 0.857. The van der Waals surface area contributed by atoms with Gasteiger partial charge in [0.1, 0.15) is 6.10 Å². The van der Waals surface area contributed by atoms with E-state index in [1.54, 1.807) is 0 Å². The van der Waals surface area contributed by atoms with Crippen molar-refractivity contribution in [2.24, 2.45) is 5.41 Å². The van der Waals surface area contributed by atoms with Gasteiger partial charge < -0.3 is 10.4 Å². The minimum atomic E-state index is -0.919. The van der Waals surface area contributed by atoms with E-state index in [9.17, 15) is 9.90 Å². The highest BCUT2D eigenvalue weighted by Crippen LogP contribution is 2.18. The summed E-state index contributed by atoms with van der Waals surface area (Å²) in [6.07, 6.45) is -0.919. The van der Waals surface area contributed by atoms with Crippen LogP contribution in [-0.2, 0) is 4.79 Å². The molecule has 0 aliphatic carbocycles. The van der Waals surface area contributed by atoms with Crippen molar-refractivity contribution in [3.63, 3.8) is 0 Å². The highest BCUT2D eigenvalue weighted by atomic mass is 16.3. The number of aliphatic hydroxyl groups is 1. The Morgan fingerprint density at radius 3 is 2.00 bits per heavy atom. The molecule has 1 atom stereocenters. The number of aliphatic hydroxyl groups excluding tert-OH is 1. The van der Waals surface area contributed by atoms with Crippen molar-refractivity contribution in [3.8, 4) is 0 Å². The molecule has 0 saturated heterocycles. The molecular weight excluding hydrogens is 130 g/mol. The fourth-order valence-electron chi connectivity index (χ4n) is 0.530. The molecule has 2 N–H and O–H groups in total. The quantitative estimate of drug-likeness (QED) is 0.551. The highest BCUT2D eigenvalue weighted by Gasteiger charge is 2.27. The summed E-state index contributed by atoms with van der Waals surface area (Å²) in [4.78, 5) is 10.8. The molecule has 0 aromatic carbocycles. The summed E-state index contributed by atoms with van der Waals surface area (Å²) in [5, 5.41) is 11.6. The Labute approximate surface area is 61.4 Å². The third-order valence-electron chi connectivity index (χ3n) is 1.32. The Morgan fingerprint density at radius 2 is 1.90 bits per heavy atom. The molecule has 0 rings (SSSR count). The van der Waals surface area contributed by atoms with Crippen molar-refractivity contribution >= 4 is 5.91 Å². The predicted octanol–water partition coefficient (Wildman–Crippen LogP) is 0.139. The first kappa shape index (κ1) is 9.43. The van der Waals surface area contributed by atoms with E-state index in [0.717, 1.165) is 0 Å². The number of nitrogens with one attached hydrogen (secondary N) is 1. The van der Waals surface area contributed by atoms with Gasteiger partial charge in [0.2, 0.25) is 5.91 Å². The highest BCUT2D eigenvalue weighted by molar-refractivity contribution is 5.80. The normalized spacial score (nSPS) is 14.5. The molecule has 3 heteroatoms. The molecule has 60 valence electrons. The van der Waals surface area contributed by atoms with Crippen LogP contribution in [0.2, 0.25) is 0 Å². The van der Waals surface area contributed by atoms with Gasteiger partial charge in [0.25, 0.3) is 0 Å². The number of amides is 1. The van der Waals surface area contributed by atoms with E-state index >= 15 is 0 Å². The number of carbonyl (C=O) groups is 1. The average molecular weight is 145 g/mol. The standard InChI is InChI=1S/C7H15NO2/c1-7(2,3)5(9)6(10)8-4/h5,9H,1-4H3,(H,8,10). The van der Waals surface area contributed by atoms with Gasteiger partial charge in [0.05, 0.1) is 0 Å². The minimum absolute atomic E-state index is 0.326. The van der Waals surface area contributed by atoms with Crippen molar-refractivity contribution in [1.29, 1.82) is 0 Å². The molecule has 0 aliphatic rings. The van der Waals surface area contributed by atoms with E-state index in [2.05, 4.69) is 5.32 Å². The number of hydrogen-bond acceptors (Lipinski definition) is 2. The Hall–Kier alpha value is -0.570.